The average Bonchev–Trinajstić information content (AvgIpc) is 2.15. The van der Waals surface area contributed by atoms with E-state index < -0.39 is 11.5 Å². The molecule has 15 heavy (non-hydrogen) atoms. The van der Waals surface area contributed by atoms with Crippen molar-refractivity contribution in [3.8, 4) is 0 Å². The van der Waals surface area contributed by atoms with Crippen molar-refractivity contribution in [2.24, 2.45) is 5.92 Å². The summed E-state index contributed by atoms with van der Waals surface area (Å²) < 4.78 is 0. The summed E-state index contributed by atoms with van der Waals surface area (Å²) in [6.07, 6.45) is 1.34. The van der Waals surface area contributed by atoms with Gasteiger partial charge in [-0.25, -0.2) is 0 Å². The summed E-state index contributed by atoms with van der Waals surface area (Å²) in [5.41, 5.74) is -0.633. The third-order valence-electron chi connectivity index (χ3n) is 2.81. The van der Waals surface area contributed by atoms with E-state index in [2.05, 4.69) is 5.32 Å². The topological polar surface area (TPSA) is 66.4 Å². The van der Waals surface area contributed by atoms with E-state index in [9.17, 15) is 9.59 Å². The predicted octanol–water partition coefficient (Wildman–Crippen LogP) is 1.79. The largest absolute Gasteiger partial charge is 0.481 e. The molecule has 0 saturated heterocycles. The molecule has 0 aliphatic rings. The van der Waals surface area contributed by atoms with Gasteiger partial charge in [-0.1, -0.05) is 20.8 Å². The molecule has 0 saturated carbocycles. The molecule has 1 amide bonds. The van der Waals surface area contributed by atoms with Crippen molar-refractivity contribution in [2.75, 3.05) is 0 Å². The van der Waals surface area contributed by atoms with Gasteiger partial charge in [-0.3, -0.25) is 9.59 Å². The minimum atomic E-state index is -0.885. The molecule has 0 fully saturated rings. The molecule has 0 aliphatic carbocycles. The minimum absolute atomic E-state index is 0.0360. The molecular weight excluding hydrogens is 194 g/mol. The average molecular weight is 215 g/mol. The number of carbonyl (C=O) groups excluding carboxylic acids is 1. The second kappa shape index (κ2) is 5.73. The first-order chi connectivity index (χ1) is 6.84. The fourth-order valence-electron chi connectivity index (χ4n) is 1.20. The second-order valence-electron chi connectivity index (χ2n) is 4.28. The normalized spacial score (nSPS) is 16.5. The number of hydrogen-bond donors (Lipinski definition) is 2. The maximum absolute atomic E-state index is 11.6. The van der Waals surface area contributed by atoms with Crippen molar-refractivity contribution in [3.63, 3.8) is 0 Å². The quantitative estimate of drug-likeness (QED) is 0.710. The summed E-state index contributed by atoms with van der Waals surface area (Å²) in [6, 6.07) is 0. The molecule has 4 heteroatoms. The lowest BCUT2D eigenvalue weighted by atomic mass is 9.93. The number of carboxylic acids is 1. The van der Waals surface area contributed by atoms with E-state index in [1.165, 1.54) is 0 Å². The molecule has 0 bridgehead atoms. The molecular formula is C11H21NO3. The number of amides is 1. The number of carbonyl (C=O) groups is 2. The lowest BCUT2D eigenvalue weighted by Gasteiger charge is -2.29. The van der Waals surface area contributed by atoms with Gasteiger partial charge in [0, 0.05) is 11.5 Å². The fraction of sp³-hybridized carbons (Fsp3) is 0.818. The monoisotopic (exact) mass is 215 g/mol. The third-order valence-corrected chi connectivity index (χ3v) is 2.81. The Hall–Kier alpha value is -1.06. The zero-order chi connectivity index (χ0) is 12.1. The van der Waals surface area contributed by atoms with Crippen LogP contribution in [0.1, 0.15) is 47.0 Å². The Labute approximate surface area is 91.1 Å². The van der Waals surface area contributed by atoms with Crippen molar-refractivity contribution in [3.05, 3.63) is 0 Å². The highest BCUT2D eigenvalue weighted by Gasteiger charge is 2.28. The van der Waals surface area contributed by atoms with Crippen LogP contribution in [0, 0.1) is 5.92 Å². The van der Waals surface area contributed by atoms with Crippen LogP contribution in [0.25, 0.3) is 0 Å². The molecule has 2 N–H and O–H groups in total. The van der Waals surface area contributed by atoms with Gasteiger partial charge in [-0.2, -0.15) is 0 Å². The van der Waals surface area contributed by atoms with Gasteiger partial charge < -0.3 is 10.4 Å². The second-order valence-corrected chi connectivity index (χ2v) is 4.28. The van der Waals surface area contributed by atoms with E-state index >= 15 is 0 Å². The first-order valence-corrected chi connectivity index (χ1v) is 5.38. The van der Waals surface area contributed by atoms with Crippen LogP contribution in [0.4, 0.5) is 0 Å². The highest BCUT2D eigenvalue weighted by molar-refractivity contribution is 5.80. The Kier molecular flexibility index (Phi) is 5.33. The van der Waals surface area contributed by atoms with Gasteiger partial charge in [0.25, 0.3) is 0 Å². The summed E-state index contributed by atoms with van der Waals surface area (Å²) in [5, 5.41) is 11.5. The molecule has 2 atom stereocenters. The Bertz CT molecular complexity index is 240. The third kappa shape index (κ3) is 4.81. The van der Waals surface area contributed by atoms with Crippen molar-refractivity contribution in [1.82, 2.24) is 5.32 Å². The fourth-order valence-corrected chi connectivity index (χ4v) is 1.20. The molecule has 4 nitrogen and oxygen atoms in total. The number of rotatable bonds is 6. The minimum Gasteiger partial charge on any atom is -0.481 e. The highest BCUT2D eigenvalue weighted by atomic mass is 16.4. The number of aliphatic carboxylic acids is 1. The van der Waals surface area contributed by atoms with E-state index in [0.717, 1.165) is 6.42 Å². The molecule has 0 aromatic rings. The van der Waals surface area contributed by atoms with Gasteiger partial charge in [0.1, 0.15) is 0 Å². The lowest BCUT2D eigenvalue weighted by Crippen LogP contribution is -2.48. The SMILES string of the molecule is CC[C@@H](C)C(=O)N[C@@](C)(CC)CC(=O)O. The van der Waals surface area contributed by atoms with Crippen LogP contribution in [0.15, 0.2) is 0 Å². The predicted molar refractivity (Wildman–Crippen MR) is 58.5 cm³/mol. The van der Waals surface area contributed by atoms with E-state index in [4.69, 9.17) is 5.11 Å². The molecule has 0 unspecified atom stereocenters. The Morgan fingerprint density at radius 1 is 1.40 bits per heavy atom. The van der Waals surface area contributed by atoms with Gasteiger partial charge in [0.2, 0.25) is 5.91 Å². The number of hydrogen-bond acceptors (Lipinski definition) is 2. The van der Waals surface area contributed by atoms with E-state index in [1.807, 2.05) is 20.8 Å². The summed E-state index contributed by atoms with van der Waals surface area (Å²) in [4.78, 5) is 22.3. The number of carboxylic acid groups (broad SMARTS) is 1. The van der Waals surface area contributed by atoms with Crippen LogP contribution in [0.3, 0.4) is 0 Å². The molecule has 0 spiro atoms. The van der Waals surface area contributed by atoms with Crippen LogP contribution in [-0.2, 0) is 9.59 Å². The molecule has 88 valence electrons. The van der Waals surface area contributed by atoms with Crippen LogP contribution >= 0.6 is 0 Å². The van der Waals surface area contributed by atoms with Crippen LogP contribution in [0.5, 0.6) is 0 Å². The van der Waals surface area contributed by atoms with Gasteiger partial charge in [0.15, 0.2) is 0 Å². The summed E-state index contributed by atoms with van der Waals surface area (Å²) in [6.45, 7) is 7.41. The molecule has 0 rings (SSSR count). The summed E-state index contributed by atoms with van der Waals surface area (Å²) in [7, 11) is 0. The molecule has 0 aliphatic heterocycles. The van der Waals surface area contributed by atoms with Gasteiger partial charge in [-0.05, 0) is 19.8 Å². The lowest BCUT2D eigenvalue weighted by molar-refractivity contribution is -0.139. The van der Waals surface area contributed by atoms with Gasteiger partial charge >= 0.3 is 5.97 Å². The maximum atomic E-state index is 11.6. The first-order valence-electron chi connectivity index (χ1n) is 5.38. The standard InChI is InChI=1S/C11H21NO3/c1-5-8(3)10(15)12-11(4,6-2)7-9(13)14/h8H,5-7H2,1-4H3,(H,12,15)(H,13,14)/t8-,11+/m1/s1. The van der Waals surface area contributed by atoms with E-state index in [1.54, 1.807) is 6.92 Å². The summed E-state index contributed by atoms with van der Waals surface area (Å²) >= 11 is 0. The maximum Gasteiger partial charge on any atom is 0.305 e. The van der Waals surface area contributed by atoms with Crippen molar-refractivity contribution in [2.45, 2.75) is 52.5 Å². The van der Waals surface area contributed by atoms with Crippen molar-refractivity contribution < 1.29 is 14.7 Å². The molecule has 0 aromatic heterocycles. The van der Waals surface area contributed by atoms with Gasteiger partial charge in [0.05, 0.1) is 6.42 Å². The summed E-state index contributed by atoms with van der Waals surface area (Å²) in [5.74, 6) is -1.02. The Balaban J connectivity index is 4.43. The smallest absolute Gasteiger partial charge is 0.305 e. The molecule has 0 radical (unpaired) electrons. The zero-order valence-corrected chi connectivity index (χ0v) is 9.96. The Morgan fingerprint density at radius 3 is 2.27 bits per heavy atom. The van der Waals surface area contributed by atoms with Gasteiger partial charge in [-0.15, -0.1) is 0 Å². The zero-order valence-electron chi connectivity index (χ0n) is 9.96. The molecule has 0 aromatic carbocycles. The van der Waals surface area contributed by atoms with Crippen molar-refractivity contribution in [1.29, 1.82) is 0 Å². The van der Waals surface area contributed by atoms with Crippen LogP contribution < -0.4 is 5.32 Å². The van der Waals surface area contributed by atoms with Crippen molar-refractivity contribution >= 4 is 11.9 Å². The number of nitrogens with one attached hydrogen (secondary N) is 1. The van der Waals surface area contributed by atoms with Crippen LogP contribution in [0.2, 0.25) is 0 Å². The van der Waals surface area contributed by atoms with Crippen LogP contribution in [-0.4, -0.2) is 22.5 Å². The molecule has 0 heterocycles. The highest BCUT2D eigenvalue weighted by Crippen LogP contribution is 2.15. The Morgan fingerprint density at radius 2 is 1.93 bits per heavy atom. The first kappa shape index (κ1) is 13.9. The van der Waals surface area contributed by atoms with E-state index in [-0.39, 0.29) is 18.2 Å². The van der Waals surface area contributed by atoms with E-state index in [0.29, 0.717) is 6.42 Å².